The first-order valence-electron chi connectivity index (χ1n) is 14.4. The minimum atomic E-state index is -1.31. The van der Waals surface area contributed by atoms with E-state index in [-0.39, 0.29) is 19.1 Å². The summed E-state index contributed by atoms with van der Waals surface area (Å²) in [6, 6.07) is 26.0. The van der Waals surface area contributed by atoms with Gasteiger partial charge in [-0.1, -0.05) is 72.5 Å². The summed E-state index contributed by atoms with van der Waals surface area (Å²) >= 11 is 0. The van der Waals surface area contributed by atoms with Crippen LogP contribution in [0.2, 0.25) is 0 Å². The van der Waals surface area contributed by atoms with Crippen molar-refractivity contribution < 1.29 is 25.0 Å². The fraction of sp³-hybridized carbons (Fsp3) is 0.382. The molecule has 5 atom stereocenters. The van der Waals surface area contributed by atoms with Gasteiger partial charge in [-0.05, 0) is 55.7 Å². The van der Waals surface area contributed by atoms with Gasteiger partial charge < -0.3 is 25.5 Å². The van der Waals surface area contributed by atoms with Crippen molar-refractivity contribution in [1.82, 2.24) is 10.4 Å². The van der Waals surface area contributed by atoms with E-state index in [0.717, 1.165) is 24.2 Å². The quantitative estimate of drug-likeness (QED) is 0.207. The van der Waals surface area contributed by atoms with Gasteiger partial charge in [0, 0.05) is 37.3 Å². The number of amides is 1. The average molecular weight is 572 g/mol. The minimum Gasteiger partial charge on any atom is -0.394 e. The number of aliphatic hydroxyl groups excluding tert-OH is 2. The molecular formula is C34H41N3O5. The predicted octanol–water partition coefficient (Wildman–Crippen LogP) is 3.06. The highest BCUT2D eigenvalue weighted by molar-refractivity contribution is 5.82. The van der Waals surface area contributed by atoms with E-state index >= 15 is 0 Å². The van der Waals surface area contributed by atoms with E-state index in [4.69, 9.17) is 4.84 Å². The number of carbonyl (C=O) groups is 1. The van der Waals surface area contributed by atoms with E-state index in [9.17, 15) is 20.1 Å². The maximum absolute atomic E-state index is 13.5. The fourth-order valence-corrected chi connectivity index (χ4v) is 5.28. The summed E-state index contributed by atoms with van der Waals surface area (Å²) in [7, 11) is 2.01. The third kappa shape index (κ3) is 7.97. The van der Waals surface area contributed by atoms with Crippen molar-refractivity contribution in [2.45, 2.75) is 50.7 Å². The number of hydrogen-bond donors (Lipinski definition) is 4. The number of anilines is 1. The Morgan fingerprint density at radius 2 is 1.79 bits per heavy atom. The fourth-order valence-electron chi connectivity index (χ4n) is 5.28. The minimum absolute atomic E-state index is 0.249. The van der Waals surface area contributed by atoms with Crippen LogP contribution >= 0.6 is 0 Å². The highest BCUT2D eigenvalue weighted by atomic mass is 16.7. The molecule has 0 spiro atoms. The Bertz CT molecular complexity index is 1350. The summed E-state index contributed by atoms with van der Waals surface area (Å²) in [5.41, 5.74) is 2.05. The first kappa shape index (κ1) is 31.2. The summed E-state index contributed by atoms with van der Waals surface area (Å²) in [6.07, 6.45) is -0.848. The van der Waals surface area contributed by atoms with Gasteiger partial charge >= 0.3 is 0 Å². The van der Waals surface area contributed by atoms with E-state index in [1.165, 1.54) is 0 Å². The number of hydrogen-bond acceptors (Lipinski definition) is 7. The Balaban J connectivity index is 1.44. The lowest BCUT2D eigenvalue weighted by molar-refractivity contribution is -0.181. The van der Waals surface area contributed by atoms with Gasteiger partial charge in [0.1, 0.15) is 17.7 Å². The second kappa shape index (κ2) is 14.5. The number of hydroxylamine groups is 2. The van der Waals surface area contributed by atoms with Crippen LogP contribution in [-0.4, -0.2) is 71.3 Å². The van der Waals surface area contributed by atoms with Crippen molar-refractivity contribution in [3.05, 3.63) is 102 Å². The zero-order valence-electron chi connectivity index (χ0n) is 24.5. The Hall–Kier alpha value is -3.71. The normalized spacial score (nSPS) is 20.7. The van der Waals surface area contributed by atoms with Gasteiger partial charge in [-0.2, -0.15) is 5.06 Å². The molecule has 4 rings (SSSR count). The lowest BCUT2D eigenvalue weighted by atomic mass is 9.89. The maximum Gasteiger partial charge on any atom is 0.240 e. The van der Waals surface area contributed by atoms with Gasteiger partial charge in [0.05, 0.1) is 19.3 Å². The van der Waals surface area contributed by atoms with E-state index in [1.54, 1.807) is 18.9 Å². The van der Waals surface area contributed by atoms with Crippen molar-refractivity contribution in [3.63, 3.8) is 0 Å². The summed E-state index contributed by atoms with van der Waals surface area (Å²) in [5.74, 6) is 5.15. The van der Waals surface area contributed by atoms with E-state index in [0.29, 0.717) is 17.7 Å². The van der Waals surface area contributed by atoms with Crippen molar-refractivity contribution >= 4 is 11.6 Å². The summed E-state index contributed by atoms with van der Waals surface area (Å²) in [5, 5.41) is 36.0. The molecule has 1 aliphatic rings. The zero-order valence-corrected chi connectivity index (χ0v) is 24.5. The molecule has 3 aromatic rings. The Morgan fingerprint density at radius 1 is 1.10 bits per heavy atom. The Kier molecular flexibility index (Phi) is 10.7. The molecule has 1 amide bonds. The molecular weight excluding hydrogens is 530 g/mol. The van der Waals surface area contributed by atoms with Crippen LogP contribution in [-0.2, 0) is 21.8 Å². The number of benzene rings is 3. The monoisotopic (exact) mass is 571 g/mol. The van der Waals surface area contributed by atoms with Crippen LogP contribution in [0.25, 0.3) is 0 Å². The van der Waals surface area contributed by atoms with Gasteiger partial charge in [0.15, 0.2) is 0 Å². The van der Waals surface area contributed by atoms with Crippen LogP contribution in [0.15, 0.2) is 84.9 Å². The molecule has 222 valence electrons. The van der Waals surface area contributed by atoms with Crippen LogP contribution in [0.5, 0.6) is 0 Å². The lowest BCUT2D eigenvalue weighted by Crippen LogP contribution is -2.49. The van der Waals surface area contributed by atoms with Crippen LogP contribution in [0.3, 0.4) is 0 Å². The molecule has 0 bridgehead atoms. The van der Waals surface area contributed by atoms with Crippen molar-refractivity contribution in [2.75, 3.05) is 31.6 Å². The van der Waals surface area contributed by atoms with Gasteiger partial charge in [0.25, 0.3) is 0 Å². The molecule has 1 heterocycles. The molecule has 4 N–H and O–H groups in total. The Morgan fingerprint density at radius 3 is 2.45 bits per heavy atom. The largest absolute Gasteiger partial charge is 0.394 e. The standard InChI is InChI=1S/C34H41N3O5/c1-25(39)31-30(24-38)42-37(32(31)33(40)35-20-11-21-36(3)29-16-8-5-9-17-29)23-27-13-10-12-26(22-27)18-19-34(2,41)28-14-6-4-7-15-28/h4-10,12-17,22,25,30-32,38-39,41H,11,20-21,23-24H2,1-3H3,(H,35,40)/t25-,30-,31+,32-,34?/m1/s1. The van der Waals surface area contributed by atoms with Crippen LogP contribution in [0, 0.1) is 17.8 Å². The van der Waals surface area contributed by atoms with E-state index < -0.39 is 29.8 Å². The van der Waals surface area contributed by atoms with Crippen molar-refractivity contribution in [2.24, 2.45) is 5.92 Å². The van der Waals surface area contributed by atoms with Crippen molar-refractivity contribution in [1.29, 1.82) is 0 Å². The lowest BCUT2D eigenvalue weighted by Gasteiger charge is -2.26. The number of nitrogens with one attached hydrogen (secondary N) is 1. The van der Waals surface area contributed by atoms with Gasteiger partial charge in [-0.25, -0.2) is 0 Å². The highest BCUT2D eigenvalue weighted by Gasteiger charge is 2.49. The molecule has 1 unspecified atom stereocenters. The molecule has 1 fully saturated rings. The highest BCUT2D eigenvalue weighted by Crippen LogP contribution is 2.32. The van der Waals surface area contributed by atoms with Gasteiger partial charge in [-0.15, -0.1) is 0 Å². The number of rotatable bonds is 11. The molecule has 8 nitrogen and oxygen atoms in total. The maximum atomic E-state index is 13.5. The molecule has 0 aromatic heterocycles. The second-order valence-electron chi connectivity index (χ2n) is 11.0. The SMILES string of the molecule is C[C@@H](O)[C@H]1[C@@H](CO)ON(Cc2cccc(C#CC(C)(O)c3ccccc3)c2)[C@H]1C(=O)NCCCN(C)c1ccccc1. The summed E-state index contributed by atoms with van der Waals surface area (Å²) in [4.78, 5) is 21.6. The number of para-hydroxylation sites is 1. The number of aliphatic hydroxyl groups is 3. The van der Waals surface area contributed by atoms with Crippen LogP contribution in [0.1, 0.15) is 37.0 Å². The van der Waals surface area contributed by atoms with Gasteiger partial charge in [-0.3, -0.25) is 9.63 Å². The van der Waals surface area contributed by atoms with Crippen LogP contribution in [0.4, 0.5) is 5.69 Å². The average Bonchev–Trinajstić information content (AvgIpc) is 3.38. The number of carbonyl (C=O) groups excluding carboxylic acids is 1. The van der Waals surface area contributed by atoms with Gasteiger partial charge in [0.2, 0.25) is 5.91 Å². The first-order chi connectivity index (χ1) is 20.2. The van der Waals surface area contributed by atoms with E-state index in [1.807, 2.05) is 92.0 Å². The molecule has 1 saturated heterocycles. The third-order valence-electron chi connectivity index (χ3n) is 7.60. The van der Waals surface area contributed by atoms with E-state index in [2.05, 4.69) is 22.1 Å². The number of nitrogens with zero attached hydrogens (tertiary/aromatic N) is 2. The molecule has 3 aromatic carbocycles. The third-order valence-corrected chi connectivity index (χ3v) is 7.60. The molecule has 1 aliphatic heterocycles. The molecule has 42 heavy (non-hydrogen) atoms. The topological polar surface area (TPSA) is 105 Å². The first-order valence-corrected chi connectivity index (χ1v) is 14.4. The summed E-state index contributed by atoms with van der Waals surface area (Å²) < 4.78 is 0. The van der Waals surface area contributed by atoms with Crippen LogP contribution < -0.4 is 10.2 Å². The van der Waals surface area contributed by atoms with Crippen molar-refractivity contribution in [3.8, 4) is 11.8 Å². The smallest absolute Gasteiger partial charge is 0.240 e. The molecule has 8 heteroatoms. The molecule has 0 aliphatic carbocycles. The molecule has 0 radical (unpaired) electrons. The summed E-state index contributed by atoms with van der Waals surface area (Å²) in [6.45, 7) is 4.43. The predicted molar refractivity (Wildman–Crippen MR) is 163 cm³/mol. The Labute approximate surface area is 248 Å². The second-order valence-corrected chi connectivity index (χ2v) is 11.0. The zero-order chi connectivity index (χ0) is 30.1. The molecule has 0 saturated carbocycles.